The number of aryl methyl sites for hydroxylation is 2. The van der Waals surface area contributed by atoms with Gasteiger partial charge in [0.2, 0.25) is 5.88 Å². The van der Waals surface area contributed by atoms with E-state index in [9.17, 15) is 0 Å². The molecule has 20 heavy (non-hydrogen) atoms. The number of halogens is 1. The molecular formula is C14H20ClN3OS. The zero-order valence-corrected chi connectivity index (χ0v) is 13.7. The summed E-state index contributed by atoms with van der Waals surface area (Å²) < 4.78 is 7.38. The van der Waals surface area contributed by atoms with E-state index < -0.39 is 0 Å². The van der Waals surface area contributed by atoms with E-state index in [-0.39, 0.29) is 0 Å². The molecule has 0 spiro atoms. The number of rotatable bonds is 7. The van der Waals surface area contributed by atoms with Crippen LogP contribution < -0.4 is 4.74 Å². The first kappa shape index (κ1) is 15.4. The minimum Gasteiger partial charge on any atom is -0.481 e. The third-order valence-corrected chi connectivity index (χ3v) is 4.56. The summed E-state index contributed by atoms with van der Waals surface area (Å²) in [6.07, 6.45) is 3.98. The van der Waals surface area contributed by atoms with Gasteiger partial charge >= 0.3 is 0 Å². The van der Waals surface area contributed by atoms with Crippen molar-refractivity contribution < 1.29 is 4.74 Å². The number of fused-ring (bicyclic) bond motifs is 1. The zero-order valence-electron chi connectivity index (χ0n) is 12.1. The van der Waals surface area contributed by atoms with Gasteiger partial charge in [0, 0.05) is 30.2 Å². The van der Waals surface area contributed by atoms with Crippen molar-refractivity contribution in [2.45, 2.75) is 31.6 Å². The lowest BCUT2D eigenvalue weighted by atomic mass is 10.3. The Morgan fingerprint density at radius 2 is 2.20 bits per heavy atom. The van der Waals surface area contributed by atoms with Crippen LogP contribution >= 0.6 is 23.4 Å². The minimum atomic E-state index is 0.568. The van der Waals surface area contributed by atoms with E-state index in [1.165, 1.54) is 0 Å². The van der Waals surface area contributed by atoms with Gasteiger partial charge in [0.1, 0.15) is 11.3 Å². The third-order valence-electron chi connectivity index (χ3n) is 3.33. The highest BCUT2D eigenvalue weighted by molar-refractivity contribution is 7.99. The quantitative estimate of drug-likeness (QED) is 0.735. The Morgan fingerprint density at radius 3 is 2.85 bits per heavy atom. The summed E-state index contributed by atoms with van der Waals surface area (Å²) in [4.78, 5) is 9.16. The summed E-state index contributed by atoms with van der Waals surface area (Å²) in [6, 6.07) is 3.79. The molecule has 0 aliphatic heterocycles. The Hall–Kier alpha value is -0.940. The fourth-order valence-electron chi connectivity index (χ4n) is 2.08. The number of ether oxygens (including phenoxy) is 1. The predicted molar refractivity (Wildman–Crippen MR) is 86.1 cm³/mol. The molecule has 0 saturated heterocycles. The molecule has 1 unspecified atom stereocenters. The van der Waals surface area contributed by atoms with Gasteiger partial charge < -0.3 is 9.30 Å². The van der Waals surface area contributed by atoms with Gasteiger partial charge in [0.15, 0.2) is 5.65 Å². The molecular weight excluding hydrogens is 294 g/mol. The van der Waals surface area contributed by atoms with Gasteiger partial charge in [-0.05, 0) is 18.7 Å². The summed E-state index contributed by atoms with van der Waals surface area (Å²) in [6.45, 7) is 3.14. The van der Waals surface area contributed by atoms with Crippen LogP contribution in [0.3, 0.4) is 0 Å². The average Bonchev–Trinajstić information content (AvgIpc) is 2.81. The second-order valence-electron chi connectivity index (χ2n) is 4.65. The van der Waals surface area contributed by atoms with Crippen LogP contribution in [0.5, 0.6) is 5.88 Å². The molecule has 1 atom stereocenters. The number of aromatic nitrogens is 3. The van der Waals surface area contributed by atoms with Crippen molar-refractivity contribution in [2.75, 3.05) is 19.2 Å². The van der Waals surface area contributed by atoms with Crippen molar-refractivity contribution in [1.82, 2.24) is 14.5 Å². The lowest BCUT2D eigenvalue weighted by Crippen LogP contribution is -2.09. The van der Waals surface area contributed by atoms with Gasteiger partial charge in [-0.25, -0.2) is 4.98 Å². The maximum Gasteiger partial charge on any atom is 0.215 e. The molecule has 110 valence electrons. The number of alkyl halides is 1. The maximum atomic E-state index is 5.88. The second-order valence-corrected chi connectivity index (χ2v) is 6.30. The number of pyridine rings is 1. The molecule has 0 fully saturated rings. The number of hydrogen-bond acceptors (Lipinski definition) is 4. The first-order valence-electron chi connectivity index (χ1n) is 6.68. The molecule has 6 heteroatoms. The molecule has 0 amide bonds. The lowest BCUT2D eigenvalue weighted by molar-refractivity contribution is 0.399. The normalized spacial score (nSPS) is 12.8. The van der Waals surface area contributed by atoms with Gasteiger partial charge in [-0.15, -0.1) is 11.6 Å². The van der Waals surface area contributed by atoms with Crippen LogP contribution in [0.25, 0.3) is 11.2 Å². The van der Waals surface area contributed by atoms with Crippen LogP contribution in [0, 0.1) is 0 Å². The van der Waals surface area contributed by atoms with E-state index in [0.29, 0.717) is 17.0 Å². The molecule has 2 rings (SSSR count). The number of imidazole rings is 1. The highest BCUT2D eigenvalue weighted by Gasteiger charge is 2.13. The second kappa shape index (κ2) is 7.18. The van der Waals surface area contributed by atoms with Crippen molar-refractivity contribution in [1.29, 1.82) is 0 Å². The van der Waals surface area contributed by atoms with Crippen molar-refractivity contribution >= 4 is 34.5 Å². The molecule has 0 aliphatic carbocycles. The minimum absolute atomic E-state index is 0.568. The SMILES string of the molecule is COc1ccc2nc(CCCl)n(CCC(C)SC)c2n1. The smallest absolute Gasteiger partial charge is 0.215 e. The zero-order chi connectivity index (χ0) is 14.5. The topological polar surface area (TPSA) is 39.9 Å². The highest BCUT2D eigenvalue weighted by Crippen LogP contribution is 2.20. The van der Waals surface area contributed by atoms with E-state index in [2.05, 4.69) is 27.7 Å². The van der Waals surface area contributed by atoms with Crippen LogP contribution in [0.4, 0.5) is 0 Å². The van der Waals surface area contributed by atoms with E-state index in [4.69, 9.17) is 16.3 Å². The molecule has 0 aromatic carbocycles. The molecule has 0 bridgehead atoms. The van der Waals surface area contributed by atoms with Crippen LogP contribution in [0.2, 0.25) is 0 Å². The van der Waals surface area contributed by atoms with Crippen molar-refractivity contribution in [3.8, 4) is 5.88 Å². The molecule has 0 aliphatic rings. The maximum absolute atomic E-state index is 5.88. The number of nitrogens with zero attached hydrogens (tertiary/aromatic N) is 3. The Kier molecular flexibility index (Phi) is 5.54. The molecule has 0 radical (unpaired) electrons. The van der Waals surface area contributed by atoms with E-state index in [1.54, 1.807) is 7.11 Å². The fraction of sp³-hybridized carbons (Fsp3) is 0.571. The highest BCUT2D eigenvalue weighted by atomic mass is 35.5. The molecule has 0 saturated carbocycles. The number of methoxy groups -OCH3 is 1. The largest absolute Gasteiger partial charge is 0.481 e. The van der Waals surface area contributed by atoms with E-state index >= 15 is 0 Å². The van der Waals surface area contributed by atoms with Crippen molar-refractivity contribution in [3.05, 3.63) is 18.0 Å². The van der Waals surface area contributed by atoms with Gasteiger partial charge in [-0.3, -0.25) is 0 Å². The lowest BCUT2D eigenvalue weighted by Gasteiger charge is -2.11. The molecule has 2 aromatic heterocycles. The number of hydrogen-bond donors (Lipinski definition) is 0. The van der Waals surface area contributed by atoms with Gasteiger partial charge in [0.05, 0.1) is 7.11 Å². The van der Waals surface area contributed by atoms with Gasteiger partial charge in [-0.2, -0.15) is 16.7 Å². The Morgan fingerprint density at radius 1 is 1.40 bits per heavy atom. The molecule has 2 aromatic rings. The summed E-state index contributed by atoms with van der Waals surface area (Å²) in [7, 11) is 1.63. The molecule has 2 heterocycles. The van der Waals surface area contributed by atoms with Gasteiger partial charge in [-0.1, -0.05) is 6.92 Å². The Balaban J connectivity index is 2.37. The standard InChI is InChI=1S/C14H20ClN3OS/c1-10(20-3)7-9-18-12(6-8-15)16-11-4-5-13(19-2)17-14(11)18/h4-5,10H,6-9H2,1-3H3. The van der Waals surface area contributed by atoms with Crippen molar-refractivity contribution in [3.63, 3.8) is 0 Å². The van der Waals surface area contributed by atoms with Crippen LogP contribution in [0.1, 0.15) is 19.2 Å². The predicted octanol–water partition coefficient (Wildman–Crippen LogP) is 3.36. The summed E-state index contributed by atoms with van der Waals surface area (Å²) in [5.74, 6) is 2.19. The first-order valence-corrected chi connectivity index (χ1v) is 8.50. The van der Waals surface area contributed by atoms with Gasteiger partial charge in [0.25, 0.3) is 0 Å². The third kappa shape index (κ3) is 3.38. The molecule has 0 N–H and O–H groups in total. The average molecular weight is 314 g/mol. The van der Waals surface area contributed by atoms with E-state index in [0.717, 1.165) is 36.4 Å². The monoisotopic (exact) mass is 313 g/mol. The fourth-order valence-corrected chi connectivity index (χ4v) is 2.59. The number of thioether (sulfide) groups is 1. The summed E-state index contributed by atoms with van der Waals surface area (Å²) in [5.41, 5.74) is 1.79. The van der Waals surface area contributed by atoms with Crippen LogP contribution in [-0.2, 0) is 13.0 Å². The van der Waals surface area contributed by atoms with Crippen molar-refractivity contribution in [2.24, 2.45) is 0 Å². The molecule has 4 nitrogen and oxygen atoms in total. The summed E-state index contributed by atoms with van der Waals surface area (Å²) >= 11 is 7.76. The first-order chi connectivity index (χ1) is 9.69. The van der Waals surface area contributed by atoms with Crippen LogP contribution in [-0.4, -0.2) is 39.0 Å². The van der Waals surface area contributed by atoms with Crippen LogP contribution in [0.15, 0.2) is 12.1 Å². The Bertz CT molecular complexity index is 573. The van der Waals surface area contributed by atoms with E-state index in [1.807, 2.05) is 23.9 Å². The Labute approximate surface area is 128 Å². The summed E-state index contributed by atoms with van der Waals surface area (Å²) in [5, 5.41) is 0.613.